The van der Waals surface area contributed by atoms with E-state index in [9.17, 15) is 4.79 Å². The Kier molecular flexibility index (Phi) is 3.05. The van der Waals surface area contributed by atoms with Crippen LogP contribution in [-0.4, -0.2) is 5.97 Å². The number of halogens is 2. The first-order valence-corrected chi connectivity index (χ1v) is 6.39. The Bertz CT molecular complexity index is 705. The number of carbonyl (C=O) groups excluding carboxylic acids is 1. The first kappa shape index (κ1) is 12.3. The zero-order valence-electron chi connectivity index (χ0n) is 9.69. The largest absolute Gasteiger partial charge is 0.422 e. The number of benzene rings is 2. The Balaban J connectivity index is 2.06. The number of esters is 1. The van der Waals surface area contributed by atoms with E-state index >= 15 is 0 Å². The third-order valence-electron chi connectivity index (χ3n) is 2.86. The molecular formula is C15H8Cl2O2. The van der Waals surface area contributed by atoms with E-state index in [1.807, 2.05) is 24.3 Å². The van der Waals surface area contributed by atoms with Crippen molar-refractivity contribution in [2.75, 3.05) is 0 Å². The zero-order valence-corrected chi connectivity index (χ0v) is 11.2. The van der Waals surface area contributed by atoms with Crippen LogP contribution in [0.2, 0.25) is 10.0 Å². The topological polar surface area (TPSA) is 26.3 Å². The first-order valence-electron chi connectivity index (χ1n) is 5.63. The van der Waals surface area contributed by atoms with E-state index in [2.05, 4.69) is 0 Å². The van der Waals surface area contributed by atoms with Crippen molar-refractivity contribution in [3.63, 3.8) is 0 Å². The van der Waals surface area contributed by atoms with Crippen LogP contribution in [0.1, 0.15) is 21.5 Å². The van der Waals surface area contributed by atoms with E-state index in [0.29, 0.717) is 21.4 Å². The summed E-state index contributed by atoms with van der Waals surface area (Å²) in [5, 5.41) is 0.959. The summed E-state index contributed by atoms with van der Waals surface area (Å²) in [7, 11) is 0. The van der Waals surface area contributed by atoms with Crippen molar-refractivity contribution in [1.29, 1.82) is 0 Å². The van der Waals surface area contributed by atoms with Gasteiger partial charge in [0.05, 0.1) is 15.6 Å². The molecule has 0 unspecified atom stereocenters. The number of hydrogen-bond acceptors (Lipinski definition) is 2. The molecule has 0 spiro atoms. The molecule has 0 saturated carbocycles. The number of ether oxygens (including phenoxy) is 1. The summed E-state index contributed by atoms with van der Waals surface area (Å²) < 4.78 is 5.25. The van der Waals surface area contributed by atoms with Crippen LogP contribution < -0.4 is 0 Å². The van der Waals surface area contributed by atoms with Crippen molar-refractivity contribution in [3.8, 4) is 0 Å². The van der Waals surface area contributed by atoms with Gasteiger partial charge in [-0.05, 0) is 29.8 Å². The lowest BCUT2D eigenvalue weighted by molar-refractivity contribution is 0.0717. The van der Waals surface area contributed by atoms with Crippen LogP contribution in [0.3, 0.4) is 0 Å². The van der Waals surface area contributed by atoms with Gasteiger partial charge in [0.25, 0.3) is 0 Å². The van der Waals surface area contributed by atoms with Crippen LogP contribution in [-0.2, 0) is 4.74 Å². The maximum atomic E-state index is 11.7. The molecule has 94 valence electrons. The van der Waals surface area contributed by atoms with Gasteiger partial charge in [0.2, 0.25) is 0 Å². The van der Waals surface area contributed by atoms with Crippen LogP contribution in [0.25, 0.3) is 11.8 Å². The average Bonchev–Trinajstić information content (AvgIpc) is 2.72. The van der Waals surface area contributed by atoms with Crippen LogP contribution in [0.5, 0.6) is 0 Å². The van der Waals surface area contributed by atoms with Gasteiger partial charge in [-0.25, -0.2) is 4.79 Å². The highest BCUT2D eigenvalue weighted by Gasteiger charge is 2.25. The fraction of sp³-hybridized carbons (Fsp3) is 0. The second kappa shape index (κ2) is 4.72. The predicted octanol–water partition coefficient (Wildman–Crippen LogP) is 4.66. The van der Waals surface area contributed by atoms with Gasteiger partial charge in [0, 0.05) is 5.56 Å². The highest BCUT2D eigenvalue weighted by atomic mass is 35.5. The minimum absolute atomic E-state index is 0.332. The van der Waals surface area contributed by atoms with Gasteiger partial charge in [-0.15, -0.1) is 0 Å². The maximum absolute atomic E-state index is 11.7. The summed E-state index contributed by atoms with van der Waals surface area (Å²) in [6, 6.07) is 12.5. The van der Waals surface area contributed by atoms with E-state index in [-0.39, 0.29) is 5.97 Å². The van der Waals surface area contributed by atoms with Crippen molar-refractivity contribution < 1.29 is 9.53 Å². The second-order valence-electron chi connectivity index (χ2n) is 4.12. The molecule has 3 rings (SSSR count). The monoisotopic (exact) mass is 290 g/mol. The molecule has 1 aliphatic heterocycles. The van der Waals surface area contributed by atoms with Crippen LogP contribution in [0.15, 0.2) is 42.5 Å². The minimum Gasteiger partial charge on any atom is -0.422 e. The molecule has 0 aliphatic carbocycles. The maximum Gasteiger partial charge on any atom is 0.344 e. The number of carbonyl (C=O) groups is 1. The molecule has 1 heterocycles. The van der Waals surface area contributed by atoms with E-state index in [0.717, 1.165) is 11.1 Å². The Labute approximate surface area is 120 Å². The highest BCUT2D eigenvalue weighted by molar-refractivity contribution is 6.42. The van der Waals surface area contributed by atoms with Crippen LogP contribution in [0, 0.1) is 0 Å². The van der Waals surface area contributed by atoms with Crippen molar-refractivity contribution in [3.05, 3.63) is 69.2 Å². The number of hydrogen-bond donors (Lipinski definition) is 0. The van der Waals surface area contributed by atoms with Crippen LogP contribution >= 0.6 is 23.2 Å². The summed E-state index contributed by atoms with van der Waals surface area (Å²) in [5.74, 6) is 0.195. The number of rotatable bonds is 1. The standard InChI is InChI=1S/C15H8Cl2O2/c16-12-6-5-9(7-13(12)17)8-14-10-3-1-2-4-11(10)15(18)19-14/h1-8H/b14-8-. The SMILES string of the molecule is O=C1O/C(=C\c2ccc(Cl)c(Cl)c2)c2ccccc21. The van der Waals surface area contributed by atoms with E-state index in [4.69, 9.17) is 27.9 Å². The molecule has 2 nitrogen and oxygen atoms in total. The van der Waals surface area contributed by atoms with Crippen LogP contribution in [0.4, 0.5) is 0 Å². The van der Waals surface area contributed by atoms with Gasteiger partial charge < -0.3 is 4.74 Å². The molecule has 0 fully saturated rings. The Hall–Kier alpha value is -1.77. The first-order chi connectivity index (χ1) is 9.15. The van der Waals surface area contributed by atoms with Gasteiger partial charge in [-0.1, -0.05) is 47.5 Å². The minimum atomic E-state index is -0.332. The van der Waals surface area contributed by atoms with Crippen molar-refractivity contribution >= 4 is 41.0 Å². The number of fused-ring (bicyclic) bond motifs is 1. The third kappa shape index (κ3) is 2.25. The molecule has 0 radical (unpaired) electrons. The summed E-state index contributed by atoms with van der Waals surface area (Å²) >= 11 is 11.8. The molecule has 2 aromatic rings. The Morgan fingerprint density at radius 1 is 0.947 bits per heavy atom. The molecule has 0 saturated heterocycles. The molecule has 0 N–H and O–H groups in total. The van der Waals surface area contributed by atoms with Gasteiger partial charge >= 0.3 is 5.97 Å². The quantitative estimate of drug-likeness (QED) is 0.714. The van der Waals surface area contributed by atoms with Gasteiger partial charge in [-0.3, -0.25) is 0 Å². The van der Waals surface area contributed by atoms with Gasteiger partial charge in [0.1, 0.15) is 5.76 Å². The van der Waals surface area contributed by atoms with Crippen molar-refractivity contribution in [2.24, 2.45) is 0 Å². The highest BCUT2D eigenvalue weighted by Crippen LogP contribution is 2.32. The molecule has 4 heteroatoms. The summed E-state index contributed by atoms with van der Waals surface area (Å²) in [5.41, 5.74) is 2.20. The Morgan fingerprint density at radius 2 is 1.68 bits per heavy atom. The van der Waals surface area contributed by atoms with Gasteiger partial charge in [0.15, 0.2) is 0 Å². The molecule has 1 aliphatic rings. The van der Waals surface area contributed by atoms with E-state index < -0.39 is 0 Å². The molecule has 0 aromatic heterocycles. The zero-order chi connectivity index (χ0) is 13.4. The Morgan fingerprint density at radius 3 is 2.42 bits per heavy atom. The van der Waals surface area contributed by atoms with E-state index in [1.54, 1.807) is 24.3 Å². The van der Waals surface area contributed by atoms with Crippen molar-refractivity contribution in [1.82, 2.24) is 0 Å². The smallest absolute Gasteiger partial charge is 0.344 e. The fourth-order valence-corrected chi connectivity index (χ4v) is 2.25. The molecule has 0 amide bonds. The molecular weight excluding hydrogens is 283 g/mol. The fourth-order valence-electron chi connectivity index (χ4n) is 1.95. The van der Waals surface area contributed by atoms with Gasteiger partial charge in [-0.2, -0.15) is 0 Å². The predicted molar refractivity (Wildman–Crippen MR) is 76.2 cm³/mol. The summed E-state index contributed by atoms with van der Waals surface area (Å²) in [6.45, 7) is 0. The lowest BCUT2D eigenvalue weighted by atomic mass is 10.1. The van der Waals surface area contributed by atoms with E-state index in [1.165, 1.54) is 0 Å². The summed E-state index contributed by atoms with van der Waals surface area (Å²) in [4.78, 5) is 11.7. The third-order valence-corrected chi connectivity index (χ3v) is 3.60. The molecule has 0 atom stereocenters. The second-order valence-corrected chi connectivity index (χ2v) is 4.93. The lowest BCUT2D eigenvalue weighted by Crippen LogP contribution is -1.92. The lowest BCUT2D eigenvalue weighted by Gasteiger charge is -2.01. The molecule has 0 bridgehead atoms. The summed E-state index contributed by atoms with van der Waals surface area (Å²) in [6.07, 6.45) is 1.77. The normalized spacial score (nSPS) is 15.5. The molecule has 19 heavy (non-hydrogen) atoms. The number of cyclic esters (lactones) is 1. The van der Waals surface area contributed by atoms with Crippen molar-refractivity contribution in [2.45, 2.75) is 0 Å². The average molecular weight is 291 g/mol. The molecule has 2 aromatic carbocycles.